The second-order valence-electron chi connectivity index (χ2n) is 3.84. The molecule has 0 aromatic heterocycles. The summed E-state index contributed by atoms with van der Waals surface area (Å²) in [5.74, 6) is -2.69. The Balaban J connectivity index is 2.29. The van der Waals surface area contributed by atoms with E-state index < -0.39 is 17.7 Å². The molecule has 4 nitrogen and oxygen atoms in total. The summed E-state index contributed by atoms with van der Waals surface area (Å²) in [6.45, 7) is 0.0206. The SMILES string of the molecule is O=C(O)[C@@H]1CC(=O)N(c2ccc(Br)cc2F)C1. The van der Waals surface area contributed by atoms with E-state index in [2.05, 4.69) is 15.9 Å². The van der Waals surface area contributed by atoms with Gasteiger partial charge in [0.1, 0.15) is 5.82 Å². The van der Waals surface area contributed by atoms with Crippen LogP contribution in [0.25, 0.3) is 0 Å². The predicted octanol–water partition coefficient (Wildman–Crippen LogP) is 2.03. The largest absolute Gasteiger partial charge is 0.481 e. The van der Waals surface area contributed by atoms with E-state index in [1.54, 1.807) is 6.07 Å². The van der Waals surface area contributed by atoms with Crippen molar-refractivity contribution in [1.29, 1.82) is 0 Å². The number of carboxylic acids is 1. The first-order valence-corrected chi connectivity index (χ1v) is 5.76. The zero-order valence-electron chi connectivity index (χ0n) is 8.69. The second-order valence-corrected chi connectivity index (χ2v) is 4.76. The minimum absolute atomic E-state index is 0.0206. The number of halogens is 2. The third-order valence-corrected chi connectivity index (χ3v) is 3.17. The number of aliphatic carboxylic acids is 1. The lowest BCUT2D eigenvalue weighted by Crippen LogP contribution is -2.26. The van der Waals surface area contributed by atoms with Crippen LogP contribution in [0, 0.1) is 11.7 Å². The van der Waals surface area contributed by atoms with E-state index in [1.807, 2.05) is 0 Å². The van der Waals surface area contributed by atoms with Gasteiger partial charge in [-0.2, -0.15) is 0 Å². The molecule has 6 heteroatoms. The van der Waals surface area contributed by atoms with Crippen LogP contribution in [0.4, 0.5) is 10.1 Å². The topological polar surface area (TPSA) is 57.6 Å². The molecular formula is C11H9BrFNO3. The molecule has 1 aliphatic rings. The molecule has 1 fully saturated rings. The molecular weight excluding hydrogens is 293 g/mol. The van der Waals surface area contributed by atoms with E-state index >= 15 is 0 Å². The molecule has 0 aliphatic carbocycles. The van der Waals surface area contributed by atoms with Gasteiger partial charge in [-0.15, -0.1) is 0 Å². The quantitative estimate of drug-likeness (QED) is 0.909. The molecule has 0 radical (unpaired) electrons. The summed E-state index contributed by atoms with van der Waals surface area (Å²) in [5, 5.41) is 8.83. The molecule has 1 aromatic rings. The van der Waals surface area contributed by atoms with Crippen molar-refractivity contribution in [3.8, 4) is 0 Å². The highest BCUT2D eigenvalue weighted by Gasteiger charge is 2.36. The summed E-state index contributed by atoms with van der Waals surface area (Å²) in [7, 11) is 0. The number of amides is 1. The molecule has 2 rings (SSSR count). The first kappa shape index (κ1) is 12.0. The van der Waals surface area contributed by atoms with Gasteiger partial charge in [0.05, 0.1) is 11.6 Å². The number of carboxylic acid groups (broad SMARTS) is 1. The molecule has 0 spiro atoms. The lowest BCUT2D eigenvalue weighted by Gasteiger charge is -2.16. The van der Waals surface area contributed by atoms with Crippen molar-refractivity contribution in [3.05, 3.63) is 28.5 Å². The van der Waals surface area contributed by atoms with Crippen LogP contribution in [0.3, 0.4) is 0 Å². The molecule has 1 aromatic carbocycles. The van der Waals surface area contributed by atoms with Crippen molar-refractivity contribution in [2.75, 3.05) is 11.4 Å². The molecule has 17 heavy (non-hydrogen) atoms. The van der Waals surface area contributed by atoms with Crippen LogP contribution in [0.15, 0.2) is 22.7 Å². The first-order chi connectivity index (χ1) is 7.99. The van der Waals surface area contributed by atoms with Gasteiger partial charge in [-0.3, -0.25) is 9.59 Å². The van der Waals surface area contributed by atoms with Crippen LogP contribution in [0.1, 0.15) is 6.42 Å². The monoisotopic (exact) mass is 301 g/mol. The molecule has 1 atom stereocenters. The van der Waals surface area contributed by atoms with Crippen LogP contribution >= 0.6 is 15.9 Å². The standard InChI is InChI=1S/C11H9BrFNO3/c12-7-1-2-9(8(13)4-7)14-5-6(11(16)17)3-10(14)15/h1-2,4,6H,3,5H2,(H,16,17)/t6-/m1/s1. The Kier molecular flexibility index (Phi) is 3.15. The fourth-order valence-corrected chi connectivity index (χ4v) is 2.14. The normalized spacial score (nSPS) is 19.8. The maximum Gasteiger partial charge on any atom is 0.308 e. The number of benzene rings is 1. The van der Waals surface area contributed by atoms with Crippen LogP contribution in [-0.2, 0) is 9.59 Å². The van der Waals surface area contributed by atoms with Gasteiger partial charge in [-0.25, -0.2) is 4.39 Å². The number of hydrogen-bond donors (Lipinski definition) is 1. The van der Waals surface area contributed by atoms with Crippen molar-refractivity contribution in [2.45, 2.75) is 6.42 Å². The Bertz CT molecular complexity index is 492. The maximum absolute atomic E-state index is 13.6. The molecule has 0 unspecified atom stereocenters. The first-order valence-electron chi connectivity index (χ1n) is 4.97. The lowest BCUT2D eigenvalue weighted by atomic mass is 10.1. The fourth-order valence-electron chi connectivity index (χ4n) is 1.81. The van der Waals surface area contributed by atoms with Crippen LogP contribution in [-0.4, -0.2) is 23.5 Å². The zero-order valence-corrected chi connectivity index (χ0v) is 10.3. The Hall–Kier alpha value is -1.43. The number of anilines is 1. The highest BCUT2D eigenvalue weighted by atomic mass is 79.9. The number of carbonyl (C=O) groups is 2. The molecule has 0 saturated carbocycles. The summed E-state index contributed by atoms with van der Waals surface area (Å²) in [5.41, 5.74) is 0.127. The van der Waals surface area contributed by atoms with E-state index in [4.69, 9.17) is 5.11 Å². The lowest BCUT2D eigenvalue weighted by molar-refractivity contribution is -0.141. The second kappa shape index (κ2) is 4.44. The number of carbonyl (C=O) groups excluding carboxylic acids is 1. The van der Waals surface area contributed by atoms with Gasteiger partial charge in [-0.05, 0) is 18.2 Å². The number of hydrogen-bond acceptors (Lipinski definition) is 2. The van der Waals surface area contributed by atoms with Crippen molar-refractivity contribution >= 4 is 33.5 Å². The Morgan fingerprint density at radius 1 is 1.53 bits per heavy atom. The Labute approximate surface area is 105 Å². The summed E-state index contributed by atoms with van der Waals surface area (Å²) in [6.07, 6.45) is -0.0785. The molecule has 90 valence electrons. The average molecular weight is 302 g/mol. The van der Waals surface area contributed by atoms with Crippen molar-refractivity contribution in [1.82, 2.24) is 0 Å². The van der Waals surface area contributed by atoms with E-state index in [0.29, 0.717) is 4.47 Å². The summed E-state index contributed by atoms with van der Waals surface area (Å²) in [6, 6.07) is 4.32. The van der Waals surface area contributed by atoms with E-state index in [0.717, 1.165) is 0 Å². The minimum atomic E-state index is -1.03. The molecule has 1 amide bonds. The molecule has 1 N–H and O–H groups in total. The number of rotatable bonds is 2. The summed E-state index contributed by atoms with van der Waals surface area (Å²) >= 11 is 3.12. The number of nitrogens with zero attached hydrogens (tertiary/aromatic N) is 1. The highest BCUT2D eigenvalue weighted by Crippen LogP contribution is 2.29. The highest BCUT2D eigenvalue weighted by molar-refractivity contribution is 9.10. The Morgan fingerprint density at radius 2 is 2.24 bits per heavy atom. The minimum Gasteiger partial charge on any atom is -0.481 e. The van der Waals surface area contributed by atoms with E-state index in [9.17, 15) is 14.0 Å². The summed E-state index contributed by atoms with van der Waals surface area (Å²) in [4.78, 5) is 23.6. The average Bonchev–Trinajstić information content (AvgIpc) is 2.61. The van der Waals surface area contributed by atoms with Gasteiger partial charge in [0.2, 0.25) is 5.91 Å². The molecule has 0 bridgehead atoms. The van der Waals surface area contributed by atoms with Gasteiger partial charge in [0, 0.05) is 17.4 Å². The Morgan fingerprint density at radius 3 is 2.76 bits per heavy atom. The predicted molar refractivity (Wildman–Crippen MR) is 62.2 cm³/mol. The van der Waals surface area contributed by atoms with E-state index in [1.165, 1.54) is 17.0 Å². The fraction of sp³-hybridized carbons (Fsp3) is 0.273. The van der Waals surface area contributed by atoms with Crippen LogP contribution in [0.2, 0.25) is 0 Å². The van der Waals surface area contributed by atoms with Crippen molar-refractivity contribution in [3.63, 3.8) is 0 Å². The summed E-state index contributed by atoms with van der Waals surface area (Å²) < 4.78 is 14.2. The van der Waals surface area contributed by atoms with Gasteiger partial charge in [-0.1, -0.05) is 15.9 Å². The van der Waals surface area contributed by atoms with Crippen molar-refractivity contribution in [2.24, 2.45) is 5.92 Å². The van der Waals surface area contributed by atoms with E-state index in [-0.39, 0.29) is 24.6 Å². The van der Waals surface area contributed by atoms with Crippen LogP contribution < -0.4 is 4.90 Å². The molecule has 1 heterocycles. The van der Waals surface area contributed by atoms with Crippen LogP contribution in [0.5, 0.6) is 0 Å². The third-order valence-electron chi connectivity index (χ3n) is 2.67. The third kappa shape index (κ3) is 2.31. The van der Waals surface area contributed by atoms with Crippen molar-refractivity contribution < 1.29 is 19.1 Å². The molecule has 1 aliphatic heterocycles. The van der Waals surface area contributed by atoms with Gasteiger partial charge >= 0.3 is 5.97 Å². The zero-order chi connectivity index (χ0) is 12.6. The maximum atomic E-state index is 13.6. The van der Waals surface area contributed by atoms with Gasteiger partial charge < -0.3 is 10.0 Å². The molecule has 1 saturated heterocycles. The van der Waals surface area contributed by atoms with Gasteiger partial charge in [0.25, 0.3) is 0 Å². The smallest absolute Gasteiger partial charge is 0.308 e. The van der Waals surface area contributed by atoms with Gasteiger partial charge in [0.15, 0.2) is 0 Å².